The highest BCUT2D eigenvalue weighted by Gasteiger charge is 2.12. The summed E-state index contributed by atoms with van der Waals surface area (Å²) < 4.78 is 8.95. The molecule has 1 N–H and O–H groups in total. The first-order valence-corrected chi connectivity index (χ1v) is 10.2. The van der Waals surface area contributed by atoms with Gasteiger partial charge >= 0.3 is 0 Å². The van der Waals surface area contributed by atoms with Gasteiger partial charge in [0.1, 0.15) is 5.75 Å². The zero-order valence-corrected chi connectivity index (χ0v) is 18.1. The highest BCUT2D eigenvalue weighted by molar-refractivity contribution is 6.32. The number of benzene rings is 2. The Labute approximate surface area is 189 Å². The predicted molar refractivity (Wildman–Crippen MR) is 120 cm³/mol. The number of nitrogens with zero attached hydrogens (tertiary/aromatic N) is 4. The average molecular weight is 456 g/mol. The molecule has 0 radical (unpaired) electrons. The van der Waals surface area contributed by atoms with Gasteiger partial charge in [-0.05, 0) is 48.4 Å². The van der Waals surface area contributed by atoms with Crippen LogP contribution in [-0.4, -0.2) is 25.5 Å². The van der Waals surface area contributed by atoms with Crippen molar-refractivity contribution in [3.63, 3.8) is 0 Å². The van der Waals surface area contributed by atoms with Gasteiger partial charge in [-0.3, -0.25) is 9.48 Å². The van der Waals surface area contributed by atoms with Crippen molar-refractivity contribution < 1.29 is 9.53 Å². The van der Waals surface area contributed by atoms with Crippen LogP contribution in [0.1, 0.15) is 21.6 Å². The van der Waals surface area contributed by atoms with E-state index in [0.29, 0.717) is 28.2 Å². The maximum Gasteiger partial charge on any atom is 0.277 e. The first kappa shape index (κ1) is 21.0. The molecular weight excluding hydrogens is 437 g/mol. The summed E-state index contributed by atoms with van der Waals surface area (Å²) in [6.07, 6.45) is 3.46. The van der Waals surface area contributed by atoms with Gasteiger partial charge in [-0.25, -0.2) is 4.68 Å². The van der Waals surface area contributed by atoms with E-state index in [1.807, 2.05) is 43.3 Å². The maximum absolute atomic E-state index is 12.5. The number of anilines is 1. The Morgan fingerprint density at radius 2 is 1.77 bits per heavy atom. The minimum atomic E-state index is -0.357. The van der Waals surface area contributed by atoms with E-state index in [1.165, 1.54) is 4.68 Å². The van der Waals surface area contributed by atoms with Crippen molar-refractivity contribution in [3.8, 4) is 5.75 Å². The fourth-order valence-electron chi connectivity index (χ4n) is 2.89. The van der Waals surface area contributed by atoms with E-state index >= 15 is 0 Å². The smallest absolute Gasteiger partial charge is 0.277 e. The highest BCUT2D eigenvalue weighted by atomic mass is 35.5. The number of ether oxygens (including phenoxy) is 1. The molecule has 9 heteroatoms. The fraction of sp³-hybridized carbons (Fsp3) is 0.136. The number of aryl methyl sites for hydroxylation is 1. The minimum Gasteiger partial charge on any atom is -0.470 e. The van der Waals surface area contributed by atoms with Crippen LogP contribution < -0.4 is 10.1 Å². The van der Waals surface area contributed by atoms with Crippen LogP contribution >= 0.6 is 23.2 Å². The summed E-state index contributed by atoms with van der Waals surface area (Å²) in [6, 6.07) is 16.4. The number of nitrogens with one attached hydrogen (secondary N) is 1. The maximum atomic E-state index is 12.5. The summed E-state index contributed by atoms with van der Waals surface area (Å²) in [5, 5.41) is 12.6. The number of aromatic nitrogens is 4. The summed E-state index contributed by atoms with van der Waals surface area (Å²) in [4.78, 5) is 12.5. The van der Waals surface area contributed by atoms with Crippen molar-refractivity contribution >= 4 is 34.9 Å². The van der Waals surface area contributed by atoms with Crippen LogP contribution in [0.25, 0.3) is 0 Å². The van der Waals surface area contributed by atoms with Crippen LogP contribution in [0.3, 0.4) is 0 Å². The third kappa shape index (κ3) is 5.45. The Morgan fingerprint density at radius 1 is 1.00 bits per heavy atom. The number of hydrogen-bond acceptors (Lipinski definition) is 4. The molecule has 7 nitrogen and oxygen atoms in total. The lowest BCUT2D eigenvalue weighted by molar-refractivity contribution is 0.101. The number of halogens is 2. The fourth-order valence-corrected chi connectivity index (χ4v) is 3.18. The van der Waals surface area contributed by atoms with Crippen molar-refractivity contribution in [3.05, 3.63) is 93.9 Å². The molecule has 2 aromatic heterocycles. The van der Waals surface area contributed by atoms with Gasteiger partial charge in [-0.2, -0.15) is 10.2 Å². The number of carbonyl (C=O) groups excluding carboxylic acids is 1. The second-order valence-corrected chi connectivity index (χ2v) is 7.77. The van der Waals surface area contributed by atoms with Crippen molar-refractivity contribution in [2.24, 2.45) is 0 Å². The molecule has 0 aliphatic rings. The Balaban J connectivity index is 1.34. The molecular formula is C22H19Cl2N5O2. The SMILES string of the molecule is Cc1ccc(Cl)c(OCn2ccc(C(=O)Nc3ccn(Cc4ccc(Cl)cc4)n3)n2)c1. The topological polar surface area (TPSA) is 74.0 Å². The third-order valence-corrected chi connectivity index (χ3v) is 5.02. The molecule has 1 amide bonds. The molecule has 0 saturated heterocycles. The van der Waals surface area contributed by atoms with Crippen molar-refractivity contribution in [2.75, 3.05) is 5.32 Å². The minimum absolute atomic E-state index is 0.131. The Kier molecular flexibility index (Phi) is 6.25. The van der Waals surface area contributed by atoms with Crippen LogP contribution in [0.4, 0.5) is 5.82 Å². The largest absolute Gasteiger partial charge is 0.470 e. The third-order valence-electron chi connectivity index (χ3n) is 4.45. The summed E-state index contributed by atoms with van der Waals surface area (Å²) in [7, 11) is 0. The zero-order chi connectivity index (χ0) is 21.8. The molecule has 0 unspecified atom stereocenters. The molecule has 2 heterocycles. The standard InChI is InChI=1S/C22H19Cl2N5O2/c1-15-2-7-18(24)20(12-15)31-14-29-10-8-19(26-29)22(30)25-21-9-11-28(27-21)13-16-3-5-17(23)6-4-16/h2-12H,13-14H2,1H3,(H,25,27,30). The molecule has 0 saturated carbocycles. The second-order valence-electron chi connectivity index (χ2n) is 6.93. The van der Waals surface area contributed by atoms with Crippen molar-refractivity contribution in [2.45, 2.75) is 20.2 Å². The molecule has 0 bridgehead atoms. The quantitative estimate of drug-likeness (QED) is 0.423. The van der Waals surface area contributed by atoms with E-state index in [4.69, 9.17) is 27.9 Å². The molecule has 2 aromatic carbocycles. The van der Waals surface area contributed by atoms with Gasteiger partial charge in [-0.15, -0.1) is 0 Å². The molecule has 0 atom stereocenters. The number of rotatable bonds is 7. The highest BCUT2D eigenvalue weighted by Crippen LogP contribution is 2.25. The monoisotopic (exact) mass is 455 g/mol. The van der Waals surface area contributed by atoms with Gasteiger partial charge in [0.15, 0.2) is 18.2 Å². The van der Waals surface area contributed by atoms with Crippen molar-refractivity contribution in [1.82, 2.24) is 19.6 Å². The van der Waals surface area contributed by atoms with Gasteiger partial charge in [0.05, 0.1) is 11.6 Å². The Morgan fingerprint density at radius 3 is 2.58 bits per heavy atom. The van der Waals surface area contributed by atoms with Gasteiger partial charge in [-0.1, -0.05) is 41.4 Å². The van der Waals surface area contributed by atoms with Crippen LogP contribution in [0, 0.1) is 6.92 Å². The molecule has 0 fully saturated rings. The molecule has 4 rings (SSSR count). The number of hydrogen-bond donors (Lipinski definition) is 1. The Hall–Kier alpha value is -3.29. The predicted octanol–water partition coefficient (Wildman–Crippen LogP) is 5.03. The Bertz CT molecular complexity index is 1200. The van der Waals surface area contributed by atoms with Gasteiger partial charge in [0.2, 0.25) is 0 Å². The summed E-state index contributed by atoms with van der Waals surface area (Å²) >= 11 is 12.0. The van der Waals surface area contributed by atoms with Gasteiger partial charge < -0.3 is 10.1 Å². The first-order chi connectivity index (χ1) is 15.0. The zero-order valence-electron chi connectivity index (χ0n) is 16.6. The molecule has 4 aromatic rings. The number of carbonyl (C=O) groups is 1. The van der Waals surface area contributed by atoms with Crippen LogP contribution in [0.2, 0.25) is 10.0 Å². The molecule has 0 spiro atoms. The first-order valence-electron chi connectivity index (χ1n) is 9.48. The average Bonchev–Trinajstić information content (AvgIpc) is 3.40. The lowest BCUT2D eigenvalue weighted by atomic mass is 10.2. The molecule has 158 valence electrons. The van der Waals surface area contributed by atoms with E-state index < -0.39 is 0 Å². The van der Waals surface area contributed by atoms with Crippen LogP contribution in [0.15, 0.2) is 67.0 Å². The van der Waals surface area contributed by atoms with Crippen LogP contribution in [-0.2, 0) is 13.3 Å². The molecule has 0 aliphatic carbocycles. The van der Waals surface area contributed by atoms with E-state index in [1.54, 1.807) is 35.3 Å². The van der Waals surface area contributed by atoms with Crippen LogP contribution in [0.5, 0.6) is 5.75 Å². The summed E-state index contributed by atoms with van der Waals surface area (Å²) in [6.45, 7) is 2.66. The summed E-state index contributed by atoms with van der Waals surface area (Å²) in [5.41, 5.74) is 2.35. The second kappa shape index (κ2) is 9.24. The number of amides is 1. The van der Waals surface area contributed by atoms with Gasteiger partial charge in [0.25, 0.3) is 5.91 Å². The van der Waals surface area contributed by atoms with E-state index in [9.17, 15) is 4.79 Å². The van der Waals surface area contributed by atoms with Gasteiger partial charge in [0, 0.05) is 23.5 Å². The normalized spacial score (nSPS) is 10.8. The molecule has 31 heavy (non-hydrogen) atoms. The lowest BCUT2D eigenvalue weighted by Crippen LogP contribution is -2.15. The van der Waals surface area contributed by atoms with Crippen molar-refractivity contribution in [1.29, 1.82) is 0 Å². The molecule has 0 aliphatic heterocycles. The lowest BCUT2D eigenvalue weighted by Gasteiger charge is -2.08. The summed E-state index contributed by atoms with van der Waals surface area (Å²) in [5.74, 6) is 0.648. The van der Waals surface area contributed by atoms with E-state index in [0.717, 1.165) is 11.1 Å². The van der Waals surface area contributed by atoms with E-state index in [-0.39, 0.29) is 18.3 Å². The van der Waals surface area contributed by atoms with E-state index in [2.05, 4.69) is 15.5 Å².